The molecule has 9 heteroatoms. The monoisotopic (exact) mass is 310 g/mol. The standard InChI is InChI=1S/C11H6N2O5S2/c14-2-1-9(7-3-10(12(15)16)19-5-7)8-4-11(13(17)18)20-6-8/h1-6H. The highest BCUT2D eigenvalue weighted by Gasteiger charge is 2.17. The third kappa shape index (κ3) is 2.78. The minimum atomic E-state index is -0.525. The Morgan fingerprint density at radius 3 is 1.75 bits per heavy atom. The van der Waals surface area contributed by atoms with E-state index in [-0.39, 0.29) is 10.0 Å². The van der Waals surface area contributed by atoms with Crippen molar-refractivity contribution in [2.24, 2.45) is 0 Å². The van der Waals surface area contributed by atoms with Crippen molar-refractivity contribution in [2.45, 2.75) is 0 Å². The van der Waals surface area contributed by atoms with Gasteiger partial charge in [0.15, 0.2) is 0 Å². The SMILES string of the molecule is O=CC=C(c1csc([N+](=O)[O-])c1)c1csc([N+](=O)[O-])c1. The van der Waals surface area contributed by atoms with Crippen LogP contribution in [-0.4, -0.2) is 16.1 Å². The summed E-state index contributed by atoms with van der Waals surface area (Å²) >= 11 is 1.87. The zero-order valence-corrected chi connectivity index (χ0v) is 11.3. The summed E-state index contributed by atoms with van der Waals surface area (Å²) < 4.78 is 0. The van der Waals surface area contributed by atoms with E-state index in [4.69, 9.17) is 0 Å². The van der Waals surface area contributed by atoms with E-state index < -0.39 is 9.85 Å². The van der Waals surface area contributed by atoms with E-state index in [1.54, 1.807) is 0 Å². The van der Waals surface area contributed by atoms with Gasteiger partial charge in [0.25, 0.3) is 0 Å². The molecule has 20 heavy (non-hydrogen) atoms. The summed E-state index contributed by atoms with van der Waals surface area (Å²) in [5.41, 5.74) is 1.40. The maximum Gasteiger partial charge on any atom is 0.324 e. The van der Waals surface area contributed by atoms with E-state index >= 15 is 0 Å². The van der Waals surface area contributed by atoms with Gasteiger partial charge in [-0.15, -0.1) is 0 Å². The highest BCUT2D eigenvalue weighted by atomic mass is 32.1. The second kappa shape index (κ2) is 5.72. The van der Waals surface area contributed by atoms with Crippen LogP contribution in [0.25, 0.3) is 5.57 Å². The Morgan fingerprint density at radius 1 is 1.00 bits per heavy atom. The van der Waals surface area contributed by atoms with Gasteiger partial charge in [-0.25, -0.2) is 0 Å². The molecular formula is C11H6N2O5S2. The highest BCUT2D eigenvalue weighted by molar-refractivity contribution is 7.14. The Morgan fingerprint density at radius 2 is 1.45 bits per heavy atom. The summed E-state index contributed by atoms with van der Waals surface area (Å²) in [5.74, 6) is 0. The molecule has 0 radical (unpaired) electrons. The molecule has 0 atom stereocenters. The Hall–Kier alpha value is -2.39. The molecule has 0 aliphatic carbocycles. The number of carbonyl (C=O) groups is 1. The molecule has 0 fully saturated rings. The average Bonchev–Trinajstić information content (AvgIpc) is 3.05. The lowest BCUT2D eigenvalue weighted by molar-refractivity contribution is -0.380. The van der Waals surface area contributed by atoms with Crippen LogP contribution in [0.1, 0.15) is 11.1 Å². The smallest absolute Gasteiger partial charge is 0.299 e. The van der Waals surface area contributed by atoms with Crippen LogP contribution in [-0.2, 0) is 4.79 Å². The fourth-order valence-electron chi connectivity index (χ4n) is 1.55. The molecule has 0 spiro atoms. The number of thiophene rings is 2. The Balaban J connectivity index is 2.44. The van der Waals surface area contributed by atoms with Gasteiger partial charge in [0.05, 0.1) is 9.85 Å². The molecule has 0 bridgehead atoms. The molecule has 2 rings (SSSR count). The molecule has 0 saturated heterocycles. The van der Waals surface area contributed by atoms with Gasteiger partial charge >= 0.3 is 10.0 Å². The van der Waals surface area contributed by atoms with E-state index in [0.717, 1.165) is 22.7 Å². The van der Waals surface area contributed by atoms with Gasteiger partial charge in [-0.3, -0.25) is 25.0 Å². The maximum absolute atomic E-state index is 10.7. The lowest BCUT2D eigenvalue weighted by Gasteiger charge is -1.99. The molecule has 0 aliphatic rings. The number of nitrogens with zero attached hydrogens (tertiary/aromatic N) is 2. The number of carbonyl (C=O) groups excluding carboxylic acids is 1. The molecule has 102 valence electrons. The lowest BCUT2D eigenvalue weighted by atomic mass is 10.0. The van der Waals surface area contributed by atoms with Crippen LogP contribution in [0.5, 0.6) is 0 Å². The van der Waals surface area contributed by atoms with Crippen molar-refractivity contribution >= 4 is 44.5 Å². The first-order chi connectivity index (χ1) is 9.52. The maximum atomic E-state index is 10.7. The minimum Gasteiger partial charge on any atom is -0.299 e. The van der Waals surface area contributed by atoms with E-state index in [1.165, 1.54) is 29.0 Å². The van der Waals surface area contributed by atoms with Crippen molar-refractivity contribution in [3.05, 3.63) is 60.3 Å². The van der Waals surface area contributed by atoms with Crippen molar-refractivity contribution in [3.8, 4) is 0 Å². The van der Waals surface area contributed by atoms with Gasteiger partial charge in [-0.05, 0) is 11.6 Å². The van der Waals surface area contributed by atoms with Gasteiger partial charge in [0.1, 0.15) is 6.29 Å². The molecular weight excluding hydrogens is 304 g/mol. The van der Waals surface area contributed by atoms with Gasteiger partial charge in [-0.2, -0.15) is 0 Å². The quantitative estimate of drug-likeness (QED) is 0.365. The third-order valence-electron chi connectivity index (χ3n) is 2.39. The molecule has 0 amide bonds. The first-order valence-corrected chi connectivity index (χ1v) is 6.91. The van der Waals surface area contributed by atoms with Gasteiger partial charge < -0.3 is 0 Å². The molecule has 0 unspecified atom stereocenters. The first kappa shape index (κ1) is 14.0. The molecule has 0 aliphatic heterocycles. The molecule has 2 aromatic heterocycles. The van der Waals surface area contributed by atoms with Crippen LogP contribution in [0.15, 0.2) is 29.0 Å². The van der Waals surface area contributed by atoms with Crippen LogP contribution in [0.4, 0.5) is 10.0 Å². The van der Waals surface area contributed by atoms with Crippen LogP contribution in [0.2, 0.25) is 0 Å². The summed E-state index contributed by atoms with van der Waals surface area (Å²) in [4.78, 5) is 31.0. The van der Waals surface area contributed by atoms with Crippen molar-refractivity contribution in [2.75, 3.05) is 0 Å². The van der Waals surface area contributed by atoms with Crippen LogP contribution < -0.4 is 0 Å². The molecule has 2 aromatic rings. The number of hydrogen-bond acceptors (Lipinski definition) is 7. The summed E-state index contributed by atoms with van der Waals surface area (Å²) in [6, 6.07) is 2.67. The third-order valence-corrected chi connectivity index (χ3v) is 4.15. The van der Waals surface area contributed by atoms with E-state index in [1.807, 2.05) is 0 Å². The normalized spacial score (nSPS) is 10.0. The topological polar surface area (TPSA) is 103 Å². The van der Waals surface area contributed by atoms with Gasteiger partial charge in [-0.1, -0.05) is 22.7 Å². The number of nitro groups is 2. The number of aldehydes is 1. The number of rotatable bonds is 5. The largest absolute Gasteiger partial charge is 0.324 e. The van der Waals surface area contributed by atoms with Gasteiger partial charge in [0, 0.05) is 34.0 Å². The van der Waals surface area contributed by atoms with E-state index in [2.05, 4.69) is 0 Å². The molecule has 0 aromatic carbocycles. The summed E-state index contributed by atoms with van der Waals surface area (Å²) in [6.07, 6.45) is 1.78. The van der Waals surface area contributed by atoms with Crippen LogP contribution >= 0.6 is 22.7 Å². The van der Waals surface area contributed by atoms with Crippen LogP contribution in [0, 0.1) is 20.2 Å². The number of hydrogen-bond donors (Lipinski definition) is 0. The zero-order valence-electron chi connectivity index (χ0n) is 9.72. The predicted octanol–water partition coefficient (Wildman–Crippen LogP) is 3.26. The minimum absolute atomic E-state index is 0.0541. The van der Waals surface area contributed by atoms with E-state index in [0.29, 0.717) is 23.0 Å². The summed E-state index contributed by atoms with van der Waals surface area (Å²) in [5, 5.41) is 24.3. The molecule has 0 saturated carbocycles. The Bertz CT molecular complexity index is 662. The van der Waals surface area contributed by atoms with Crippen LogP contribution in [0.3, 0.4) is 0 Å². The van der Waals surface area contributed by atoms with Crippen molar-refractivity contribution in [1.29, 1.82) is 0 Å². The summed E-state index contributed by atoms with van der Waals surface area (Å²) in [7, 11) is 0. The van der Waals surface area contributed by atoms with E-state index in [9.17, 15) is 25.0 Å². The fourth-order valence-corrected chi connectivity index (χ4v) is 3.00. The first-order valence-electron chi connectivity index (χ1n) is 5.15. The highest BCUT2D eigenvalue weighted by Crippen LogP contribution is 2.34. The van der Waals surface area contributed by atoms with Crippen molar-refractivity contribution in [3.63, 3.8) is 0 Å². The molecule has 0 N–H and O–H groups in total. The zero-order chi connectivity index (χ0) is 14.7. The number of allylic oxidation sites excluding steroid dienone is 1. The second-order valence-electron chi connectivity index (χ2n) is 3.58. The van der Waals surface area contributed by atoms with Crippen molar-refractivity contribution in [1.82, 2.24) is 0 Å². The Labute approximate surface area is 120 Å². The molecule has 2 heterocycles. The second-order valence-corrected chi connectivity index (χ2v) is 5.36. The Kier molecular flexibility index (Phi) is 4.01. The lowest BCUT2D eigenvalue weighted by Crippen LogP contribution is -1.86. The predicted molar refractivity (Wildman–Crippen MR) is 75.1 cm³/mol. The van der Waals surface area contributed by atoms with Crippen molar-refractivity contribution < 1.29 is 14.6 Å². The van der Waals surface area contributed by atoms with Gasteiger partial charge in [0.2, 0.25) is 0 Å². The fraction of sp³-hybridized carbons (Fsp3) is 0. The average molecular weight is 310 g/mol. The molecule has 7 nitrogen and oxygen atoms in total. The summed E-state index contributed by atoms with van der Waals surface area (Å²) in [6.45, 7) is 0.